The number of aryl methyl sites for hydroxylation is 2. The van der Waals surface area contributed by atoms with Crippen LogP contribution in [0.5, 0.6) is 0 Å². The highest BCUT2D eigenvalue weighted by Crippen LogP contribution is 2.24. The number of rotatable bonds is 3. The molecular weight excluding hydrogens is 220 g/mol. The van der Waals surface area contributed by atoms with Crippen LogP contribution in [0.15, 0.2) is 18.2 Å². The van der Waals surface area contributed by atoms with Crippen molar-refractivity contribution in [3.63, 3.8) is 0 Å². The van der Waals surface area contributed by atoms with E-state index in [4.69, 9.17) is 5.73 Å². The smallest absolute Gasteiger partial charge is 0.0239 e. The van der Waals surface area contributed by atoms with Gasteiger partial charge in [-0.25, -0.2) is 0 Å². The topological polar surface area (TPSA) is 29.3 Å². The van der Waals surface area contributed by atoms with Crippen LogP contribution in [0, 0.1) is 19.8 Å². The third-order valence-corrected chi connectivity index (χ3v) is 4.31. The van der Waals surface area contributed by atoms with Crippen molar-refractivity contribution in [1.29, 1.82) is 0 Å². The summed E-state index contributed by atoms with van der Waals surface area (Å²) in [6, 6.07) is 7.47. The average molecular weight is 246 g/mol. The molecule has 2 heteroatoms. The van der Waals surface area contributed by atoms with Crippen molar-refractivity contribution in [1.82, 2.24) is 4.90 Å². The summed E-state index contributed by atoms with van der Waals surface area (Å²) in [6.45, 7) is 9.78. The van der Waals surface area contributed by atoms with Crippen LogP contribution in [0.1, 0.15) is 36.5 Å². The second-order valence-corrected chi connectivity index (χ2v) is 5.89. The molecule has 0 aliphatic carbocycles. The Labute approximate surface area is 111 Å². The van der Waals surface area contributed by atoms with Crippen molar-refractivity contribution >= 4 is 0 Å². The maximum atomic E-state index is 5.83. The molecule has 2 rings (SSSR count). The summed E-state index contributed by atoms with van der Waals surface area (Å²) in [4.78, 5) is 2.60. The van der Waals surface area contributed by atoms with Gasteiger partial charge in [0.2, 0.25) is 0 Å². The Morgan fingerprint density at radius 2 is 2.06 bits per heavy atom. The fraction of sp³-hybridized carbons (Fsp3) is 0.625. The second-order valence-electron chi connectivity index (χ2n) is 5.89. The van der Waals surface area contributed by atoms with Crippen molar-refractivity contribution in [2.24, 2.45) is 11.7 Å². The maximum absolute atomic E-state index is 5.83. The molecule has 1 aliphatic rings. The second kappa shape index (κ2) is 5.85. The van der Waals surface area contributed by atoms with Crippen LogP contribution < -0.4 is 5.73 Å². The molecule has 1 saturated heterocycles. The number of hydrogen-bond acceptors (Lipinski definition) is 2. The number of piperidine rings is 1. The Morgan fingerprint density at radius 1 is 1.28 bits per heavy atom. The average Bonchev–Trinajstić information content (AvgIpc) is 2.35. The van der Waals surface area contributed by atoms with Crippen LogP contribution in [-0.2, 0) is 6.54 Å². The fourth-order valence-electron chi connectivity index (χ4n) is 2.92. The van der Waals surface area contributed by atoms with Crippen LogP contribution in [0.3, 0.4) is 0 Å². The highest BCUT2D eigenvalue weighted by molar-refractivity contribution is 5.30. The van der Waals surface area contributed by atoms with E-state index in [9.17, 15) is 0 Å². The lowest BCUT2D eigenvalue weighted by Crippen LogP contribution is -2.43. The quantitative estimate of drug-likeness (QED) is 0.888. The van der Waals surface area contributed by atoms with E-state index < -0.39 is 0 Å². The van der Waals surface area contributed by atoms with Gasteiger partial charge in [0.15, 0.2) is 0 Å². The molecule has 1 aliphatic heterocycles. The van der Waals surface area contributed by atoms with E-state index in [1.54, 1.807) is 0 Å². The van der Waals surface area contributed by atoms with Crippen molar-refractivity contribution in [3.05, 3.63) is 34.9 Å². The first kappa shape index (κ1) is 13.6. The van der Waals surface area contributed by atoms with Gasteiger partial charge in [-0.1, -0.05) is 23.8 Å². The molecular formula is C16H26N2. The normalized spacial score (nSPS) is 25.3. The predicted molar refractivity (Wildman–Crippen MR) is 77.6 cm³/mol. The largest absolute Gasteiger partial charge is 0.330 e. The van der Waals surface area contributed by atoms with Gasteiger partial charge < -0.3 is 5.73 Å². The molecule has 2 nitrogen and oxygen atoms in total. The van der Waals surface area contributed by atoms with Gasteiger partial charge in [-0.2, -0.15) is 0 Å². The Morgan fingerprint density at radius 3 is 2.72 bits per heavy atom. The Kier molecular flexibility index (Phi) is 4.41. The molecule has 2 N–H and O–H groups in total. The summed E-state index contributed by atoms with van der Waals surface area (Å²) in [7, 11) is 0. The number of likely N-dealkylation sites (tertiary alicyclic amines) is 1. The van der Waals surface area contributed by atoms with Gasteiger partial charge in [-0.15, -0.1) is 0 Å². The molecule has 1 aromatic rings. The molecule has 100 valence electrons. The molecule has 0 spiro atoms. The highest BCUT2D eigenvalue weighted by atomic mass is 15.2. The Balaban J connectivity index is 2.07. The summed E-state index contributed by atoms with van der Waals surface area (Å²) >= 11 is 0. The maximum Gasteiger partial charge on any atom is 0.0239 e. The Hall–Kier alpha value is -0.860. The molecule has 2 unspecified atom stereocenters. The molecule has 18 heavy (non-hydrogen) atoms. The molecule has 0 amide bonds. The summed E-state index contributed by atoms with van der Waals surface area (Å²) in [6.07, 6.45) is 2.58. The first-order valence-electron chi connectivity index (χ1n) is 7.10. The first-order chi connectivity index (χ1) is 8.60. The third kappa shape index (κ3) is 3.12. The molecule has 0 aromatic heterocycles. The first-order valence-corrected chi connectivity index (χ1v) is 7.10. The lowest BCUT2D eigenvalue weighted by Gasteiger charge is -2.38. The van der Waals surface area contributed by atoms with Gasteiger partial charge in [0.25, 0.3) is 0 Å². The van der Waals surface area contributed by atoms with Crippen molar-refractivity contribution in [2.45, 2.75) is 46.2 Å². The summed E-state index contributed by atoms with van der Waals surface area (Å²) < 4.78 is 0. The summed E-state index contributed by atoms with van der Waals surface area (Å²) in [5.74, 6) is 0.687. The van der Waals surface area contributed by atoms with Gasteiger partial charge in [0, 0.05) is 19.1 Å². The van der Waals surface area contributed by atoms with Gasteiger partial charge in [0.05, 0.1) is 0 Å². The van der Waals surface area contributed by atoms with E-state index in [0.29, 0.717) is 12.0 Å². The van der Waals surface area contributed by atoms with E-state index in [2.05, 4.69) is 43.9 Å². The third-order valence-electron chi connectivity index (χ3n) is 4.31. The Bertz CT molecular complexity index is 400. The van der Waals surface area contributed by atoms with Crippen LogP contribution in [0.25, 0.3) is 0 Å². The van der Waals surface area contributed by atoms with Gasteiger partial charge in [0.1, 0.15) is 0 Å². The molecule has 1 aromatic carbocycles. The lowest BCUT2D eigenvalue weighted by atomic mass is 9.92. The number of hydrogen-bond donors (Lipinski definition) is 1. The lowest BCUT2D eigenvalue weighted by molar-refractivity contribution is 0.113. The minimum atomic E-state index is 0.687. The predicted octanol–water partition coefficient (Wildman–Crippen LogP) is 2.86. The van der Waals surface area contributed by atoms with Gasteiger partial charge in [-0.05, 0) is 57.2 Å². The molecule has 2 atom stereocenters. The molecule has 0 radical (unpaired) electrons. The van der Waals surface area contributed by atoms with Crippen LogP contribution in [0.2, 0.25) is 0 Å². The van der Waals surface area contributed by atoms with Gasteiger partial charge in [-0.3, -0.25) is 4.90 Å². The number of benzene rings is 1. The van der Waals surface area contributed by atoms with E-state index in [-0.39, 0.29) is 0 Å². The highest BCUT2D eigenvalue weighted by Gasteiger charge is 2.24. The zero-order chi connectivity index (χ0) is 13.1. The number of nitrogens with two attached hydrogens (primary N) is 1. The van der Waals surface area contributed by atoms with Crippen molar-refractivity contribution in [3.8, 4) is 0 Å². The summed E-state index contributed by atoms with van der Waals surface area (Å²) in [5, 5.41) is 0. The molecule has 1 fully saturated rings. The molecule has 0 bridgehead atoms. The SMILES string of the molecule is Cc1ccc(CN2CC(CN)CCC2C)c(C)c1. The standard InChI is InChI=1S/C16H26N2/c1-12-4-7-16(13(2)8-12)11-18-10-15(9-17)6-5-14(18)3/h4,7-8,14-15H,5-6,9-11,17H2,1-3H3. The summed E-state index contributed by atoms with van der Waals surface area (Å²) in [5.41, 5.74) is 10.1. The minimum absolute atomic E-state index is 0.687. The van der Waals surface area contributed by atoms with Crippen molar-refractivity contribution < 1.29 is 0 Å². The van der Waals surface area contributed by atoms with E-state index in [0.717, 1.165) is 19.6 Å². The number of nitrogens with zero attached hydrogens (tertiary/aromatic N) is 1. The fourth-order valence-corrected chi connectivity index (χ4v) is 2.92. The van der Waals surface area contributed by atoms with Crippen LogP contribution in [0.4, 0.5) is 0 Å². The monoisotopic (exact) mass is 246 g/mol. The van der Waals surface area contributed by atoms with Gasteiger partial charge >= 0.3 is 0 Å². The molecule has 1 heterocycles. The van der Waals surface area contributed by atoms with Crippen LogP contribution >= 0.6 is 0 Å². The van der Waals surface area contributed by atoms with E-state index >= 15 is 0 Å². The zero-order valence-electron chi connectivity index (χ0n) is 11.9. The molecule has 0 saturated carbocycles. The van der Waals surface area contributed by atoms with E-state index in [1.807, 2.05) is 0 Å². The van der Waals surface area contributed by atoms with Crippen LogP contribution in [-0.4, -0.2) is 24.0 Å². The van der Waals surface area contributed by atoms with E-state index in [1.165, 1.54) is 29.5 Å². The zero-order valence-corrected chi connectivity index (χ0v) is 11.9. The van der Waals surface area contributed by atoms with Crippen molar-refractivity contribution in [2.75, 3.05) is 13.1 Å². The minimum Gasteiger partial charge on any atom is -0.330 e.